The topological polar surface area (TPSA) is 102 Å². The fraction of sp³-hybridized carbons (Fsp3) is 0.176. The van der Waals surface area contributed by atoms with Gasteiger partial charge in [-0.2, -0.15) is 10.2 Å². The van der Waals surface area contributed by atoms with Crippen LogP contribution in [-0.4, -0.2) is 36.5 Å². The highest BCUT2D eigenvalue weighted by molar-refractivity contribution is 6.35. The average Bonchev–Trinajstić information content (AvgIpc) is 3.27. The average molecular weight is 408 g/mol. The van der Waals surface area contributed by atoms with E-state index in [2.05, 4.69) is 15.5 Å². The molecule has 1 amide bonds. The maximum atomic E-state index is 12.3. The Labute approximate surface area is 164 Å². The van der Waals surface area contributed by atoms with Gasteiger partial charge in [0, 0.05) is 34.1 Å². The zero-order chi connectivity index (χ0) is 19.6. The quantitative estimate of drug-likeness (QED) is 0.652. The largest absolute Gasteiger partial charge is 0.480 e. The number of carboxylic acid groups (broad SMARTS) is 1. The molecule has 0 radical (unpaired) electrons. The first-order valence-corrected chi connectivity index (χ1v) is 8.66. The molecule has 2 N–H and O–H groups in total. The van der Waals surface area contributed by atoms with Crippen LogP contribution in [0.1, 0.15) is 29.0 Å². The highest BCUT2D eigenvalue weighted by atomic mass is 35.5. The normalized spacial score (nSPS) is 12.0. The van der Waals surface area contributed by atoms with E-state index in [4.69, 9.17) is 28.3 Å². The van der Waals surface area contributed by atoms with Crippen molar-refractivity contribution in [1.29, 1.82) is 0 Å². The van der Waals surface area contributed by atoms with Crippen LogP contribution in [0.25, 0.3) is 0 Å². The summed E-state index contributed by atoms with van der Waals surface area (Å²) in [6.07, 6.45) is 3.12. The Kier molecular flexibility index (Phi) is 5.48. The zero-order valence-corrected chi connectivity index (χ0v) is 15.6. The number of hydrogen-bond acceptors (Lipinski definition) is 4. The number of rotatable bonds is 6. The van der Waals surface area contributed by atoms with Gasteiger partial charge in [-0.1, -0.05) is 29.3 Å². The van der Waals surface area contributed by atoms with Gasteiger partial charge in [0.1, 0.15) is 6.04 Å². The van der Waals surface area contributed by atoms with Crippen molar-refractivity contribution in [2.45, 2.75) is 19.5 Å². The van der Waals surface area contributed by atoms with E-state index in [1.165, 1.54) is 23.9 Å². The summed E-state index contributed by atoms with van der Waals surface area (Å²) in [6.45, 7) is 1.82. The van der Waals surface area contributed by atoms with Crippen molar-refractivity contribution in [1.82, 2.24) is 19.6 Å². The van der Waals surface area contributed by atoms with E-state index in [0.717, 1.165) is 5.56 Å². The standard InChI is InChI=1S/C17H15Cl2N5O3/c1-10(17(26)27)24-8-5-14(21-24)16(25)20-15-6-7-23(22-15)9-11-12(18)3-2-4-13(11)19/h2-8,10H,9H2,1H3,(H,26,27)(H,20,22,25). The zero-order valence-electron chi connectivity index (χ0n) is 14.1. The van der Waals surface area contributed by atoms with Crippen molar-refractivity contribution in [2.24, 2.45) is 0 Å². The lowest BCUT2D eigenvalue weighted by Gasteiger charge is -2.07. The summed E-state index contributed by atoms with van der Waals surface area (Å²) in [7, 11) is 0. The first kappa shape index (κ1) is 18.9. The molecule has 3 aromatic rings. The Morgan fingerprint density at radius 2 is 1.85 bits per heavy atom. The van der Waals surface area contributed by atoms with Crippen molar-refractivity contribution in [3.05, 3.63) is 64.0 Å². The molecule has 2 aromatic heterocycles. The van der Waals surface area contributed by atoms with Crippen molar-refractivity contribution in [2.75, 3.05) is 5.32 Å². The van der Waals surface area contributed by atoms with Gasteiger partial charge in [-0.15, -0.1) is 0 Å². The molecule has 8 nitrogen and oxygen atoms in total. The molecule has 2 heterocycles. The molecule has 10 heteroatoms. The summed E-state index contributed by atoms with van der Waals surface area (Å²) in [5, 5.41) is 20.9. The SMILES string of the molecule is CC(C(=O)O)n1ccc(C(=O)Nc2ccn(Cc3c(Cl)cccc3Cl)n2)n1. The van der Waals surface area contributed by atoms with Gasteiger partial charge in [-0.25, -0.2) is 4.79 Å². The number of anilines is 1. The molecule has 0 saturated carbocycles. The van der Waals surface area contributed by atoms with Gasteiger partial charge in [0.05, 0.1) is 6.54 Å². The molecular weight excluding hydrogens is 393 g/mol. The molecule has 0 aliphatic rings. The smallest absolute Gasteiger partial charge is 0.328 e. The highest BCUT2D eigenvalue weighted by Crippen LogP contribution is 2.25. The lowest BCUT2D eigenvalue weighted by molar-refractivity contribution is -0.140. The number of carboxylic acids is 1. The summed E-state index contributed by atoms with van der Waals surface area (Å²) in [5.74, 6) is -1.21. The van der Waals surface area contributed by atoms with Crippen molar-refractivity contribution < 1.29 is 14.7 Å². The molecule has 0 aliphatic carbocycles. The minimum Gasteiger partial charge on any atom is -0.480 e. The summed E-state index contributed by atoms with van der Waals surface area (Å²) in [6, 6.07) is 7.43. The van der Waals surface area contributed by atoms with Crippen LogP contribution < -0.4 is 5.32 Å². The number of nitrogens with one attached hydrogen (secondary N) is 1. The number of aliphatic carboxylic acids is 1. The number of carbonyl (C=O) groups excluding carboxylic acids is 1. The van der Waals surface area contributed by atoms with Crippen LogP contribution in [0.15, 0.2) is 42.7 Å². The van der Waals surface area contributed by atoms with Crippen LogP contribution in [0.5, 0.6) is 0 Å². The Bertz CT molecular complexity index is 978. The number of amides is 1. The van der Waals surface area contributed by atoms with Gasteiger partial charge >= 0.3 is 5.97 Å². The molecule has 0 aliphatic heterocycles. The molecule has 27 heavy (non-hydrogen) atoms. The molecule has 0 spiro atoms. The summed E-state index contributed by atoms with van der Waals surface area (Å²) < 4.78 is 2.79. The number of hydrogen-bond donors (Lipinski definition) is 2. The maximum Gasteiger partial charge on any atom is 0.328 e. The summed E-state index contributed by atoms with van der Waals surface area (Å²) >= 11 is 12.3. The molecule has 1 aromatic carbocycles. The number of nitrogens with zero attached hydrogens (tertiary/aromatic N) is 4. The first-order valence-electron chi connectivity index (χ1n) is 7.91. The number of carbonyl (C=O) groups is 2. The lowest BCUT2D eigenvalue weighted by atomic mass is 10.2. The number of halogens is 2. The van der Waals surface area contributed by atoms with Gasteiger partial charge < -0.3 is 10.4 Å². The van der Waals surface area contributed by atoms with E-state index in [1.807, 2.05) is 0 Å². The molecule has 0 bridgehead atoms. The van der Waals surface area contributed by atoms with Crippen LogP contribution in [0.4, 0.5) is 5.82 Å². The third-order valence-electron chi connectivity index (χ3n) is 3.86. The van der Waals surface area contributed by atoms with Gasteiger partial charge in [-0.3, -0.25) is 14.2 Å². The number of aromatic nitrogens is 4. The predicted molar refractivity (Wildman–Crippen MR) is 100 cm³/mol. The Hall–Kier alpha value is -2.84. The van der Waals surface area contributed by atoms with Gasteiger partial charge in [-0.05, 0) is 25.1 Å². The van der Waals surface area contributed by atoms with Crippen LogP contribution in [-0.2, 0) is 11.3 Å². The van der Waals surface area contributed by atoms with E-state index in [9.17, 15) is 9.59 Å². The van der Waals surface area contributed by atoms with Crippen LogP contribution in [0.2, 0.25) is 10.0 Å². The minimum atomic E-state index is -1.04. The third kappa shape index (κ3) is 4.29. The van der Waals surface area contributed by atoms with Crippen LogP contribution >= 0.6 is 23.2 Å². The van der Waals surface area contributed by atoms with Crippen molar-refractivity contribution >= 4 is 40.9 Å². The fourth-order valence-corrected chi connectivity index (χ4v) is 2.85. The minimum absolute atomic E-state index is 0.0896. The molecule has 140 valence electrons. The monoisotopic (exact) mass is 407 g/mol. The Morgan fingerprint density at radius 1 is 1.15 bits per heavy atom. The molecule has 1 atom stereocenters. The van der Waals surface area contributed by atoms with E-state index in [0.29, 0.717) is 22.4 Å². The maximum absolute atomic E-state index is 12.3. The van der Waals surface area contributed by atoms with Gasteiger partial charge in [0.2, 0.25) is 0 Å². The van der Waals surface area contributed by atoms with Crippen LogP contribution in [0.3, 0.4) is 0 Å². The second-order valence-corrected chi connectivity index (χ2v) is 6.56. The highest BCUT2D eigenvalue weighted by Gasteiger charge is 2.17. The summed E-state index contributed by atoms with van der Waals surface area (Å²) in [5.41, 5.74) is 0.815. The van der Waals surface area contributed by atoms with E-state index in [-0.39, 0.29) is 5.69 Å². The van der Waals surface area contributed by atoms with Crippen LogP contribution in [0, 0.1) is 0 Å². The Balaban J connectivity index is 1.69. The van der Waals surface area contributed by atoms with Gasteiger partial charge in [0.15, 0.2) is 11.5 Å². The predicted octanol–water partition coefficient (Wildman–Crippen LogP) is 3.33. The summed E-state index contributed by atoms with van der Waals surface area (Å²) in [4.78, 5) is 23.2. The number of benzene rings is 1. The van der Waals surface area contributed by atoms with E-state index < -0.39 is 17.9 Å². The molecule has 3 rings (SSSR count). The molecule has 1 unspecified atom stereocenters. The third-order valence-corrected chi connectivity index (χ3v) is 4.57. The Morgan fingerprint density at radius 3 is 2.52 bits per heavy atom. The van der Waals surface area contributed by atoms with E-state index in [1.54, 1.807) is 35.1 Å². The van der Waals surface area contributed by atoms with Gasteiger partial charge in [0.25, 0.3) is 5.91 Å². The molecule has 0 saturated heterocycles. The second-order valence-electron chi connectivity index (χ2n) is 5.75. The second kappa shape index (κ2) is 7.81. The molecule has 0 fully saturated rings. The molecular formula is C17H15Cl2N5O3. The first-order chi connectivity index (χ1) is 12.8. The van der Waals surface area contributed by atoms with E-state index >= 15 is 0 Å². The fourth-order valence-electron chi connectivity index (χ4n) is 2.33. The van der Waals surface area contributed by atoms with Crippen molar-refractivity contribution in [3.63, 3.8) is 0 Å². The van der Waals surface area contributed by atoms with Crippen molar-refractivity contribution in [3.8, 4) is 0 Å². The lowest BCUT2D eigenvalue weighted by Crippen LogP contribution is -2.18.